The van der Waals surface area contributed by atoms with E-state index in [0.717, 1.165) is 18.0 Å². The summed E-state index contributed by atoms with van der Waals surface area (Å²) in [4.78, 5) is 2.82. The highest BCUT2D eigenvalue weighted by molar-refractivity contribution is 4.88. The smallest absolute Gasteiger partial charge is 0.0223 e. The van der Waals surface area contributed by atoms with Crippen molar-refractivity contribution in [2.24, 2.45) is 5.92 Å². The maximum Gasteiger partial charge on any atom is 0.0223 e. The summed E-state index contributed by atoms with van der Waals surface area (Å²) in [6.45, 7) is 4.87. The Morgan fingerprint density at radius 3 is 2.53 bits per heavy atom. The maximum absolute atomic E-state index is 3.37. The van der Waals surface area contributed by atoms with E-state index in [1.807, 2.05) is 0 Å². The van der Waals surface area contributed by atoms with Gasteiger partial charge in [-0.15, -0.1) is 0 Å². The van der Waals surface area contributed by atoms with Gasteiger partial charge in [-0.1, -0.05) is 19.8 Å². The number of likely N-dealkylation sites (N-methyl/N-ethyl adjacent to an activating group) is 1. The van der Waals surface area contributed by atoms with E-state index in [2.05, 4.69) is 24.2 Å². The van der Waals surface area contributed by atoms with Crippen molar-refractivity contribution < 1.29 is 0 Å². The first-order valence-corrected chi connectivity index (χ1v) is 7.75. The van der Waals surface area contributed by atoms with Crippen molar-refractivity contribution in [1.82, 2.24) is 10.2 Å². The van der Waals surface area contributed by atoms with Crippen molar-refractivity contribution in [2.75, 3.05) is 20.1 Å². The normalized spacial score (nSPS) is 35.3. The molecule has 1 saturated carbocycles. The van der Waals surface area contributed by atoms with E-state index in [4.69, 9.17) is 0 Å². The molecule has 2 aliphatic rings. The van der Waals surface area contributed by atoms with Crippen LogP contribution in [0.15, 0.2) is 0 Å². The Morgan fingerprint density at radius 2 is 1.88 bits per heavy atom. The third-order valence-electron chi connectivity index (χ3n) is 4.84. The van der Waals surface area contributed by atoms with E-state index in [0.29, 0.717) is 0 Å². The fourth-order valence-electron chi connectivity index (χ4n) is 3.97. The molecule has 17 heavy (non-hydrogen) atoms. The molecule has 2 rings (SSSR count). The number of rotatable bonds is 5. The average Bonchev–Trinajstić information content (AvgIpc) is 2.79. The number of nitrogens with one attached hydrogen (secondary N) is 1. The first kappa shape index (κ1) is 13.4. The lowest BCUT2D eigenvalue weighted by Crippen LogP contribution is -2.44. The van der Waals surface area contributed by atoms with E-state index in [-0.39, 0.29) is 0 Å². The minimum absolute atomic E-state index is 0.827. The highest BCUT2D eigenvalue weighted by Gasteiger charge is 2.32. The Balaban J connectivity index is 1.79. The summed E-state index contributed by atoms with van der Waals surface area (Å²) >= 11 is 0. The van der Waals surface area contributed by atoms with E-state index in [9.17, 15) is 0 Å². The number of nitrogens with zero attached hydrogens (tertiary/aromatic N) is 1. The highest BCUT2D eigenvalue weighted by Crippen LogP contribution is 2.33. The fraction of sp³-hybridized carbons (Fsp3) is 1.00. The molecular formula is C15H30N2. The summed E-state index contributed by atoms with van der Waals surface area (Å²) in [7, 11) is 2.09. The first-order chi connectivity index (χ1) is 8.35. The van der Waals surface area contributed by atoms with Crippen LogP contribution in [0, 0.1) is 5.92 Å². The van der Waals surface area contributed by atoms with Crippen LogP contribution in [0.25, 0.3) is 0 Å². The SMILES string of the molecule is CCCC1CCC(N2CCCC2CNC)CC1. The summed E-state index contributed by atoms with van der Waals surface area (Å²) < 4.78 is 0. The molecule has 0 radical (unpaired) electrons. The predicted octanol–water partition coefficient (Wildman–Crippen LogP) is 3.03. The summed E-state index contributed by atoms with van der Waals surface area (Å²) in [5.74, 6) is 1.04. The first-order valence-electron chi connectivity index (χ1n) is 7.75. The second kappa shape index (κ2) is 6.75. The fourth-order valence-corrected chi connectivity index (χ4v) is 3.97. The number of hydrogen-bond acceptors (Lipinski definition) is 2. The quantitative estimate of drug-likeness (QED) is 0.792. The third-order valence-corrected chi connectivity index (χ3v) is 4.84. The zero-order valence-electron chi connectivity index (χ0n) is 11.8. The minimum atomic E-state index is 0.827. The lowest BCUT2D eigenvalue weighted by atomic mass is 9.83. The van der Waals surface area contributed by atoms with Gasteiger partial charge < -0.3 is 5.32 Å². The molecule has 2 nitrogen and oxygen atoms in total. The van der Waals surface area contributed by atoms with Crippen molar-refractivity contribution >= 4 is 0 Å². The lowest BCUT2D eigenvalue weighted by molar-refractivity contribution is 0.121. The summed E-state index contributed by atoms with van der Waals surface area (Å²) in [6.07, 6.45) is 11.6. The van der Waals surface area contributed by atoms with E-state index < -0.39 is 0 Å². The van der Waals surface area contributed by atoms with Crippen LogP contribution >= 0.6 is 0 Å². The molecule has 100 valence electrons. The molecule has 0 aromatic carbocycles. The minimum Gasteiger partial charge on any atom is -0.318 e. The topological polar surface area (TPSA) is 15.3 Å². The van der Waals surface area contributed by atoms with E-state index >= 15 is 0 Å². The maximum atomic E-state index is 3.37. The third kappa shape index (κ3) is 3.45. The van der Waals surface area contributed by atoms with Crippen LogP contribution in [-0.2, 0) is 0 Å². The Hall–Kier alpha value is -0.0800. The molecule has 1 unspecified atom stereocenters. The van der Waals surface area contributed by atoms with Gasteiger partial charge in [0.15, 0.2) is 0 Å². The zero-order chi connectivity index (χ0) is 12.1. The van der Waals surface area contributed by atoms with Gasteiger partial charge in [0, 0.05) is 18.6 Å². The summed E-state index contributed by atoms with van der Waals surface area (Å²) in [5.41, 5.74) is 0. The standard InChI is InChI=1S/C15H30N2/c1-3-5-13-7-9-14(10-8-13)17-11-4-6-15(17)12-16-2/h13-16H,3-12H2,1-2H3. The van der Waals surface area contributed by atoms with Crippen LogP contribution in [0.1, 0.15) is 58.3 Å². The molecule has 0 aromatic heterocycles. The van der Waals surface area contributed by atoms with Crippen LogP contribution in [0.2, 0.25) is 0 Å². The van der Waals surface area contributed by atoms with Gasteiger partial charge in [0.05, 0.1) is 0 Å². The van der Waals surface area contributed by atoms with Crippen molar-refractivity contribution in [3.63, 3.8) is 0 Å². The molecule has 2 heteroatoms. The summed E-state index contributed by atoms with van der Waals surface area (Å²) in [5, 5.41) is 3.37. The molecule has 0 spiro atoms. The van der Waals surface area contributed by atoms with Crippen LogP contribution < -0.4 is 5.32 Å². The van der Waals surface area contributed by atoms with Gasteiger partial charge in [-0.2, -0.15) is 0 Å². The van der Waals surface area contributed by atoms with Gasteiger partial charge in [0.25, 0.3) is 0 Å². The molecule has 1 aliphatic heterocycles. The zero-order valence-corrected chi connectivity index (χ0v) is 11.8. The van der Waals surface area contributed by atoms with Crippen molar-refractivity contribution in [3.05, 3.63) is 0 Å². The Kier molecular flexibility index (Phi) is 5.30. The van der Waals surface area contributed by atoms with Gasteiger partial charge >= 0.3 is 0 Å². The molecule has 2 fully saturated rings. The molecule has 0 bridgehead atoms. The van der Waals surface area contributed by atoms with Gasteiger partial charge in [-0.25, -0.2) is 0 Å². The Labute approximate surface area is 107 Å². The second-order valence-electron chi connectivity index (χ2n) is 6.05. The number of likely N-dealkylation sites (tertiary alicyclic amines) is 1. The van der Waals surface area contributed by atoms with Crippen LogP contribution in [-0.4, -0.2) is 37.1 Å². The van der Waals surface area contributed by atoms with Crippen LogP contribution in [0.5, 0.6) is 0 Å². The molecule has 0 amide bonds. The predicted molar refractivity (Wildman–Crippen MR) is 74.3 cm³/mol. The molecular weight excluding hydrogens is 208 g/mol. The van der Waals surface area contributed by atoms with E-state index in [1.165, 1.54) is 64.5 Å². The molecule has 1 saturated heterocycles. The summed E-state index contributed by atoms with van der Waals surface area (Å²) in [6, 6.07) is 1.73. The Bertz CT molecular complexity index is 209. The van der Waals surface area contributed by atoms with Crippen molar-refractivity contribution in [2.45, 2.75) is 70.4 Å². The molecule has 1 N–H and O–H groups in total. The van der Waals surface area contributed by atoms with Gasteiger partial charge in [-0.05, 0) is 58.0 Å². The van der Waals surface area contributed by atoms with Crippen LogP contribution in [0.4, 0.5) is 0 Å². The lowest BCUT2D eigenvalue weighted by Gasteiger charge is -2.38. The number of hydrogen-bond donors (Lipinski definition) is 1. The average molecular weight is 238 g/mol. The molecule has 1 aliphatic carbocycles. The highest BCUT2D eigenvalue weighted by atomic mass is 15.2. The van der Waals surface area contributed by atoms with Crippen molar-refractivity contribution in [1.29, 1.82) is 0 Å². The van der Waals surface area contributed by atoms with Crippen LogP contribution in [0.3, 0.4) is 0 Å². The second-order valence-corrected chi connectivity index (χ2v) is 6.05. The molecule has 1 heterocycles. The van der Waals surface area contributed by atoms with E-state index in [1.54, 1.807) is 0 Å². The molecule has 0 aromatic rings. The van der Waals surface area contributed by atoms with Gasteiger partial charge in [0.1, 0.15) is 0 Å². The molecule has 1 atom stereocenters. The monoisotopic (exact) mass is 238 g/mol. The van der Waals surface area contributed by atoms with Crippen molar-refractivity contribution in [3.8, 4) is 0 Å². The Morgan fingerprint density at radius 1 is 1.12 bits per heavy atom. The van der Waals surface area contributed by atoms with Gasteiger partial charge in [0.2, 0.25) is 0 Å². The van der Waals surface area contributed by atoms with Gasteiger partial charge in [-0.3, -0.25) is 4.90 Å². The largest absolute Gasteiger partial charge is 0.318 e.